The molecule has 0 fully saturated rings. The molecule has 6 nitrogen and oxygen atoms in total. The van der Waals surface area contributed by atoms with Crippen LogP contribution in [0.3, 0.4) is 0 Å². The second-order valence-electron chi connectivity index (χ2n) is 3.64. The predicted octanol–water partition coefficient (Wildman–Crippen LogP) is 1.15. The van der Waals surface area contributed by atoms with E-state index >= 15 is 0 Å². The highest BCUT2D eigenvalue weighted by atomic mass is 32.2. The van der Waals surface area contributed by atoms with Crippen molar-refractivity contribution < 1.29 is 27.3 Å². The van der Waals surface area contributed by atoms with E-state index in [2.05, 4.69) is 0 Å². The molecule has 92 valence electrons. The maximum Gasteiger partial charge on any atom is 0.354 e. The summed E-state index contributed by atoms with van der Waals surface area (Å²) in [7, 11) is -9.34. The topological polar surface area (TPSA) is 112 Å². The molecule has 8 heteroatoms. The molecule has 1 atom stereocenters. The van der Waals surface area contributed by atoms with E-state index in [0.717, 1.165) is 6.08 Å². The molecule has 0 aliphatic heterocycles. The van der Waals surface area contributed by atoms with Crippen LogP contribution in [-0.4, -0.2) is 22.8 Å². The summed E-state index contributed by atoms with van der Waals surface area (Å²) in [5, 5.41) is -2.28. The van der Waals surface area contributed by atoms with Crippen molar-refractivity contribution in [1.29, 1.82) is 0 Å². The maximum absolute atomic E-state index is 11.2. The molecule has 0 radical (unpaired) electrons. The minimum atomic E-state index is -4.73. The third kappa shape index (κ3) is 2.20. The molecular formula is C9H9O6PS. The summed E-state index contributed by atoms with van der Waals surface area (Å²) >= 11 is 0. The van der Waals surface area contributed by atoms with Gasteiger partial charge in [0.1, 0.15) is 5.25 Å². The molecule has 2 rings (SSSR count). The molecular weight excluding hydrogens is 267 g/mol. The van der Waals surface area contributed by atoms with Gasteiger partial charge in [-0.2, -0.15) is 8.42 Å². The fraction of sp³-hybridized carbons (Fsp3) is 0.111. The summed E-state index contributed by atoms with van der Waals surface area (Å²) in [4.78, 5) is 18.2. The van der Waals surface area contributed by atoms with Gasteiger partial charge in [-0.3, -0.25) is 9.12 Å². The summed E-state index contributed by atoms with van der Waals surface area (Å²) in [5.74, 6) is 0. The van der Waals surface area contributed by atoms with Crippen LogP contribution in [0.2, 0.25) is 0 Å². The van der Waals surface area contributed by atoms with Crippen LogP contribution in [-0.2, 0) is 14.7 Å². The molecule has 1 unspecified atom stereocenters. The minimum absolute atomic E-state index is 0.174. The average molecular weight is 276 g/mol. The van der Waals surface area contributed by atoms with Crippen molar-refractivity contribution in [3.63, 3.8) is 0 Å². The van der Waals surface area contributed by atoms with E-state index in [0.29, 0.717) is 5.56 Å². The van der Waals surface area contributed by atoms with Crippen LogP contribution in [0.5, 0.6) is 0 Å². The molecule has 0 saturated carbocycles. The van der Waals surface area contributed by atoms with Crippen molar-refractivity contribution >= 4 is 23.8 Å². The van der Waals surface area contributed by atoms with Crippen LogP contribution in [0, 0.1) is 0 Å². The molecule has 1 aliphatic rings. The molecule has 0 spiro atoms. The first-order valence-corrected chi connectivity index (χ1v) is 7.66. The SMILES string of the molecule is O=P(O)(O)C1=Cc2ccccc2C1S(=O)(=O)O. The molecule has 0 aromatic heterocycles. The van der Waals surface area contributed by atoms with Gasteiger partial charge in [0.2, 0.25) is 0 Å². The number of hydrogen-bond donors (Lipinski definition) is 3. The molecule has 0 amide bonds. The predicted molar refractivity (Wildman–Crippen MR) is 60.8 cm³/mol. The van der Waals surface area contributed by atoms with Crippen molar-refractivity contribution in [3.05, 3.63) is 40.7 Å². The smallest absolute Gasteiger partial charge is 0.321 e. The van der Waals surface area contributed by atoms with Crippen molar-refractivity contribution in [3.8, 4) is 0 Å². The molecule has 3 N–H and O–H groups in total. The van der Waals surface area contributed by atoms with Gasteiger partial charge >= 0.3 is 7.60 Å². The summed E-state index contributed by atoms with van der Waals surface area (Å²) in [6.07, 6.45) is 1.11. The lowest BCUT2D eigenvalue weighted by Gasteiger charge is -2.14. The number of rotatable bonds is 2. The Morgan fingerprint density at radius 1 is 1.18 bits per heavy atom. The molecule has 1 aliphatic carbocycles. The Balaban J connectivity index is 2.70. The lowest BCUT2D eigenvalue weighted by atomic mass is 10.1. The molecule has 0 heterocycles. The highest BCUT2D eigenvalue weighted by molar-refractivity contribution is 7.87. The van der Waals surface area contributed by atoms with Crippen LogP contribution in [0.15, 0.2) is 29.6 Å². The summed E-state index contributed by atoms with van der Waals surface area (Å²) < 4.78 is 42.7. The van der Waals surface area contributed by atoms with Gasteiger partial charge in [0.15, 0.2) is 0 Å². The quantitative estimate of drug-likeness (QED) is 0.551. The largest absolute Gasteiger partial charge is 0.354 e. The Morgan fingerprint density at radius 2 is 1.76 bits per heavy atom. The first-order valence-electron chi connectivity index (χ1n) is 4.54. The van der Waals surface area contributed by atoms with Crippen molar-refractivity contribution in [2.45, 2.75) is 5.25 Å². The summed E-state index contributed by atoms with van der Waals surface area (Å²) in [5.41, 5.74) is 0.557. The van der Waals surface area contributed by atoms with Crippen LogP contribution < -0.4 is 0 Å². The Morgan fingerprint density at radius 3 is 2.29 bits per heavy atom. The number of benzene rings is 1. The van der Waals surface area contributed by atoms with E-state index in [1.54, 1.807) is 6.07 Å². The lowest BCUT2D eigenvalue weighted by molar-refractivity contribution is 0.379. The molecule has 1 aromatic rings. The standard InChI is InChI=1S/C9H9O6PS/c10-16(11,12)8-5-6-3-1-2-4-7(6)9(8)17(13,14)15/h1-5,9H,(H2,10,11,12)(H,13,14,15). The molecule has 0 saturated heterocycles. The third-order valence-electron chi connectivity index (χ3n) is 2.48. The zero-order valence-electron chi connectivity index (χ0n) is 8.39. The van der Waals surface area contributed by atoms with E-state index in [1.807, 2.05) is 0 Å². The normalized spacial score (nSPS) is 19.9. The lowest BCUT2D eigenvalue weighted by Crippen LogP contribution is -2.12. The van der Waals surface area contributed by atoms with Gasteiger partial charge in [0, 0.05) is 0 Å². The van der Waals surface area contributed by atoms with E-state index in [9.17, 15) is 13.0 Å². The van der Waals surface area contributed by atoms with E-state index < -0.39 is 28.3 Å². The van der Waals surface area contributed by atoms with Gasteiger partial charge in [0.25, 0.3) is 10.1 Å². The average Bonchev–Trinajstić information content (AvgIpc) is 2.54. The number of hydrogen-bond acceptors (Lipinski definition) is 3. The monoisotopic (exact) mass is 276 g/mol. The van der Waals surface area contributed by atoms with E-state index in [4.69, 9.17) is 14.3 Å². The molecule has 0 bridgehead atoms. The van der Waals surface area contributed by atoms with Crippen LogP contribution >= 0.6 is 7.60 Å². The minimum Gasteiger partial charge on any atom is -0.321 e. The Kier molecular flexibility index (Phi) is 2.76. The fourth-order valence-electron chi connectivity index (χ4n) is 1.83. The second kappa shape index (κ2) is 3.76. The van der Waals surface area contributed by atoms with Gasteiger partial charge in [0.05, 0.1) is 5.31 Å². The van der Waals surface area contributed by atoms with Gasteiger partial charge in [-0.05, 0) is 17.2 Å². The van der Waals surface area contributed by atoms with E-state index in [-0.39, 0.29) is 5.56 Å². The van der Waals surface area contributed by atoms with Gasteiger partial charge in [-0.1, -0.05) is 24.3 Å². The van der Waals surface area contributed by atoms with Crippen molar-refractivity contribution in [2.24, 2.45) is 0 Å². The van der Waals surface area contributed by atoms with Crippen LogP contribution in [0.25, 0.3) is 6.08 Å². The van der Waals surface area contributed by atoms with Gasteiger partial charge < -0.3 is 9.79 Å². The van der Waals surface area contributed by atoms with Crippen LogP contribution in [0.1, 0.15) is 16.4 Å². The van der Waals surface area contributed by atoms with E-state index in [1.165, 1.54) is 18.2 Å². The second-order valence-corrected chi connectivity index (χ2v) is 6.74. The Hall–Kier alpha value is -0.980. The van der Waals surface area contributed by atoms with Gasteiger partial charge in [-0.15, -0.1) is 0 Å². The summed E-state index contributed by atoms with van der Waals surface area (Å²) in [6, 6.07) is 6.08. The Labute approximate surface area is 97.5 Å². The van der Waals surface area contributed by atoms with Crippen molar-refractivity contribution in [1.82, 2.24) is 0 Å². The fourth-order valence-corrected chi connectivity index (χ4v) is 4.30. The first kappa shape index (κ1) is 12.5. The molecule has 1 aromatic carbocycles. The van der Waals surface area contributed by atoms with Crippen LogP contribution in [0.4, 0.5) is 0 Å². The Bertz CT molecular complexity index is 641. The third-order valence-corrected chi connectivity index (χ3v) is 4.82. The number of fused-ring (bicyclic) bond motifs is 1. The summed E-state index contributed by atoms with van der Waals surface area (Å²) in [6.45, 7) is 0. The maximum atomic E-state index is 11.2. The van der Waals surface area contributed by atoms with Crippen molar-refractivity contribution in [2.75, 3.05) is 0 Å². The zero-order valence-corrected chi connectivity index (χ0v) is 10.1. The highest BCUT2D eigenvalue weighted by Crippen LogP contribution is 2.57. The molecule has 17 heavy (non-hydrogen) atoms. The first-order chi connectivity index (χ1) is 7.71. The highest BCUT2D eigenvalue weighted by Gasteiger charge is 2.42. The van der Waals surface area contributed by atoms with Gasteiger partial charge in [-0.25, -0.2) is 0 Å². The zero-order chi connectivity index (χ0) is 12.8.